The second-order valence-corrected chi connectivity index (χ2v) is 13.8. The number of aliphatic hydroxyl groups is 1. The fraction of sp³-hybridized carbons (Fsp3) is 0.605. The Hall–Kier alpha value is -4.79. The minimum Gasteiger partial charge on any atom is -0.460 e. The van der Waals surface area contributed by atoms with Crippen LogP contribution >= 0.6 is 0 Å². The van der Waals surface area contributed by atoms with Crippen LogP contribution < -0.4 is 21.3 Å². The molecule has 15 nitrogen and oxygen atoms in total. The van der Waals surface area contributed by atoms with Gasteiger partial charge in [0.15, 0.2) is 18.2 Å². The molecule has 5 N–H and O–H groups in total. The zero-order valence-corrected chi connectivity index (χ0v) is 31.6. The fourth-order valence-corrected chi connectivity index (χ4v) is 5.52. The highest BCUT2D eigenvalue weighted by Crippen LogP contribution is 2.18. The summed E-state index contributed by atoms with van der Waals surface area (Å²) in [6.45, 7) is 8.94. The average molecular weight is 745 g/mol. The highest BCUT2D eigenvalue weighted by atomic mass is 16.6. The van der Waals surface area contributed by atoms with E-state index in [2.05, 4.69) is 21.3 Å². The Labute approximate surface area is 311 Å². The number of cyclic esters (lactones) is 2. The molecule has 0 fully saturated rings. The van der Waals surface area contributed by atoms with Gasteiger partial charge in [0.2, 0.25) is 17.7 Å². The van der Waals surface area contributed by atoms with E-state index in [0.29, 0.717) is 25.8 Å². The molecule has 0 saturated carbocycles. The minimum atomic E-state index is -1.48. The standard InChI is InChI=1S/C38H56N4O11/c1-23(2)33(46)31(41-26(6)44)38(50)53-34(24(3)4)32-37(49)51-21-15-18-28(40-25(5)43)36(48)52-29(22-27-16-11-10-12-17-27)35(47)39-20-14-9-7-8-13-19-30(45)42-32/h10-12,15-18,23-24,28-29,31-34,46H,7-9,13-14,19-22H2,1-6H3,(H,39,47)(H,40,43)(H,41,44)(H,42,45)/t28-,29+,31-,32-,33+,34+/m0/s1. The molecule has 1 aromatic rings. The third-order valence-electron chi connectivity index (χ3n) is 8.40. The van der Waals surface area contributed by atoms with Gasteiger partial charge in [-0.3, -0.25) is 19.2 Å². The number of esters is 3. The summed E-state index contributed by atoms with van der Waals surface area (Å²) < 4.78 is 16.8. The first-order chi connectivity index (χ1) is 25.1. The number of carbonyl (C=O) groups is 7. The van der Waals surface area contributed by atoms with Gasteiger partial charge < -0.3 is 40.6 Å². The molecule has 0 aliphatic carbocycles. The van der Waals surface area contributed by atoms with Gasteiger partial charge >= 0.3 is 17.9 Å². The third-order valence-corrected chi connectivity index (χ3v) is 8.40. The first-order valence-corrected chi connectivity index (χ1v) is 18.2. The SMILES string of the molecule is CC(=O)N[C@H]1C=CCOC(=O)[C@H]([C@H](OC(=O)[C@@H](NC(C)=O)[C@H](O)C(C)C)C(C)C)NC(=O)CCCCCCCNC(=O)[C@@H](Cc2ccccc2)OC1=O. The van der Waals surface area contributed by atoms with Crippen LogP contribution in [0.2, 0.25) is 0 Å². The van der Waals surface area contributed by atoms with E-state index in [-0.39, 0.29) is 12.8 Å². The number of ether oxygens (including phenoxy) is 3. The topological polar surface area (TPSA) is 216 Å². The third kappa shape index (κ3) is 16.2. The normalized spacial score (nSPS) is 21.8. The van der Waals surface area contributed by atoms with Gasteiger partial charge in [-0.2, -0.15) is 0 Å². The molecule has 4 amide bonds. The number of nitrogens with one attached hydrogen (secondary N) is 4. The van der Waals surface area contributed by atoms with Gasteiger partial charge in [0.1, 0.15) is 18.8 Å². The van der Waals surface area contributed by atoms with Crippen LogP contribution in [-0.2, 0) is 54.2 Å². The smallest absolute Gasteiger partial charge is 0.333 e. The molecule has 0 unspecified atom stereocenters. The van der Waals surface area contributed by atoms with E-state index in [4.69, 9.17) is 14.2 Å². The molecule has 0 saturated heterocycles. The Morgan fingerprint density at radius 3 is 2.19 bits per heavy atom. The lowest BCUT2D eigenvalue weighted by Gasteiger charge is -2.32. The number of amides is 4. The molecule has 2 rings (SSSR count). The lowest BCUT2D eigenvalue weighted by atomic mass is 9.97. The molecule has 1 aromatic carbocycles. The number of hydrogen-bond donors (Lipinski definition) is 5. The molecular weight excluding hydrogens is 688 g/mol. The quantitative estimate of drug-likeness (QED) is 0.132. The van der Waals surface area contributed by atoms with Crippen LogP contribution in [0.1, 0.15) is 85.6 Å². The fourth-order valence-electron chi connectivity index (χ4n) is 5.52. The first-order valence-electron chi connectivity index (χ1n) is 18.2. The lowest BCUT2D eigenvalue weighted by Crippen LogP contribution is -2.56. The molecule has 1 aliphatic heterocycles. The zero-order chi connectivity index (χ0) is 39.5. The van der Waals surface area contributed by atoms with Crippen molar-refractivity contribution in [3.05, 3.63) is 48.0 Å². The van der Waals surface area contributed by atoms with E-state index in [1.165, 1.54) is 26.0 Å². The van der Waals surface area contributed by atoms with Gasteiger partial charge in [0.25, 0.3) is 5.91 Å². The maximum Gasteiger partial charge on any atom is 0.333 e. The van der Waals surface area contributed by atoms with Gasteiger partial charge in [0, 0.05) is 33.2 Å². The monoisotopic (exact) mass is 744 g/mol. The van der Waals surface area contributed by atoms with Gasteiger partial charge in [-0.15, -0.1) is 0 Å². The van der Waals surface area contributed by atoms with Crippen molar-refractivity contribution in [3.63, 3.8) is 0 Å². The Morgan fingerprint density at radius 1 is 0.906 bits per heavy atom. The number of hydrogen-bond acceptors (Lipinski definition) is 11. The van der Waals surface area contributed by atoms with E-state index in [9.17, 15) is 38.7 Å². The van der Waals surface area contributed by atoms with Gasteiger partial charge in [-0.25, -0.2) is 14.4 Å². The maximum atomic E-state index is 13.6. The summed E-state index contributed by atoms with van der Waals surface area (Å²) >= 11 is 0. The Morgan fingerprint density at radius 2 is 1.57 bits per heavy atom. The predicted octanol–water partition coefficient (Wildman–Crippen LogP) is 1.79. The number of carbonyl (C=O) groups excluding carboxylic acids is 7. The number of benzene rings is 1. The van der Waals surface area contributed by atoms with Crippen LogP contribution in [-0.4, -0.2) is 96.2 Å². The van der Waals surface area contributed by atoms with Crippen LogP contribution in [0.25, 0.3) is 0 Å². The van der Waals surface area contributed by atoms with Crippen LogP contribution in [0.15, 0.2) is 42.5 Å². The van der Waals surface area contributed by atoms with E-state index < -0.39 is 96.4 Å². The first kappa shape index (κ1) is 44.4. The van der Waals surface area contributed by atoms with Crippen LogP contribution in [0, 0.1) is 11.8 Å². The summed E-state index contributed by atoms with van der Waals surface area (Å²) in [5, 5.41) is 21.0. The summed E-state index contributed by atoms with van der Waals surface area (Å²) in [5.41, 5.74) is 0.759. The van der Waals surface area contributed by atoms with Crippen molar-refractivity contribution in [2.75, 3.05) is 13.2 Å². The highest BCUT2D eigenvalue weighted by molar-refractivity contribution is 5.89. The summed E-state index contributed by atoms with van der Waals surface area (Å²) in [7, 11) is 0. The van der Waals surface area contributed by atoms with Crippen molar-refractivity contribution >= 4 is 41.5 Å². The molecular formula is C38H56N4O11. The van der Waals surface area contributed by atoms with Crippen LogP contribution in [0.4, 0.5) is 0 Å². The minimum absolute atomic E-state index is 0.0682. The predicted molar refractivity (Wildman–Crippen MR) is 194 cm³/mol. The van der Waals surface area contributed by atoms with E-state index >= 15 is 0 Å². The van der Waals surface area contributed by atoms with Crippen LogP contribution in [0.3, 0.4) is 0 Å². The molecule has 1 aliphatic rings. The van der Waals surface area contributed by atoms with Crippen LogP contribution in [0.5, 0.6) is 0 Å². The molecule has 1 heterocycles. The molecule has 0 bridgehead atoms. The largest absolute Gasteiger partial charge is 0.460 e. The van der Waals surface area contributed by atoms with Gasteiger partial charge in [0.05, 0.1) is 6.10 Å². The van der Waals surface area contributed by atoms with Crippen molar-refractivity contribution < 1.29 is 52.9 Å². The number of rotatable bonds is 10. The van der Waals surface area contributed by atoms with Crippen molar-refractivity contribution in [1.82, 2.24) is 21.3 Å². The summed E-state index contributed by atoms with van der Waals surface area (Å²) in [6, 6.07) is 4.76. The Kier molecular flexibility index (Phi) is 19.3. The molecule has 15 heteroatoms. The molecule has 53 heavy (non-hydrogen) atoms. The Balaban J connectivity index is 2.38. The maximum absolute atomic E-state index is 13.6. The molecule has 6 atom stereocenters. The highest BCUT2D eigenvalue weighted by Gasteiger charge is 2.40. The molecule has 0 aromatic heterocycles. The van der Waals surface area contributed by atoms with Gasteiger partial charge in [-0.1, -0.05) is 83.4 Å². The Bertz CT molecular complexity index is 1420. The zero-order valence-electron chi connectivity index (χ0n) is 31.6. The average Bonchev–Trinajstić information content (AvgIpc) is 3.09. The lowest BCUT2D eigenvalue weighted by molar-refractivity contribution is -0.167. The molecule has 0 radical (unpaired) electrons. The summed E-state index contributed by atoms with van der Waals surface area (Å²) in [5.74, 6) is -5.98. The second kappa shape index (κ2) is 23.0. The molecule has 294 valence electrons. The van der Waals surface area contributed by atoms with E-state index in [1.54, 1.807) is 52.0 Å². The summed E-state index contributed by atoms with van der Waals surface area (Å²) in [6.07, 6.45) is 2.27. The second-order valence-electron chi connectivity index (χ2n) is 13.8. The molecule has 0 spiro atoms. The van der Waals surface area contributed by atoms with Crippen molar-refractivity contribution in [2.24, 2.45) is 11.8 Å². The van der Waals surface area contributed by atoms with Crippen molar-refractivity contribution in [2.45, 2.75) is 123 Å². The van der Waals surface area contributed by atoms with Gasteiger partial charge in [-0.05, 0) is 36.3 Å². The van der Waals surface area contributed by atoms with Crippen molar-refractivity contribution in [3.8, 4) is 0 Å². The van der Waals surface area contributed by atoms with E-state index in [1.807, 2.05) is 6.07 Å². The van der Waals surface area contributed by atoms with E-state index in [0.717, 1.165) is 18.4 Å². The summed E-state index contributed by atoms with van der Waals surface area (Å²) in [4.78, 5) is 90.4. The van der Waals surface area contributed by atoms with Crippen molar-refractivity contribution in [1.29, 1.82) is 0 Å². The number of aliphatic hydroxyl groups excluding tert-OH is 1.